The summed E-state index contributed by atoms with van der Waals surface area (Å²) in [7, 11) is 1.55. The highest BCUT2D eigenvalue weighted by molar-refractivity contribution is 6.30. The van der Waals surface area contributed by atoms with Crippen LogP contribution in [0, 0.1) is 5.92 Å². The van der Waals surface area contributed by atoms with Crippen molar-refractivity contribution in [2.75, 3.05) is 26.9 Å². The molecule has 0 amide bonds. The lowest BCUT2D eigenvalue weighted by Gasteiger charge is -2.40. The van der Waals surface area contributed by atoms with E-state index in [0.717, 1.165) is 16.8 Å². The van der Waals surface area contributed by atoms with Crippen molar-refractivity contribution in [3.05, 3.63) is 87.7 Å². The number of methoxy groups -OCH3 is 1. The summed E-state index contributed by atoms with van der Waals surface area (Å²) in [6.07, 6.45) is 2.43. The zero-order valence-electron chi connectivity index (χ0n) is 20.2. The second-order valence-electron chi connectivity index (χ2n) is 8.67. The summed E-state index contributed by atoms with van der Waals surface area (Å²) in [6.45, 7) is 4.65. The lowest BCUT2D eigenvalue weighted by molar-refractivity contribution is -0.141. The van der Waals surface area contributed by atoms with Gasteiger partial charge in [0.25, 0.3) is 0 Å². The summed E-state index contributed by atoms with van der Waals surface area (Å²) in [5.74, 6) is -0.906. The number of ketones is 1. The van der Waals surface area contributed by atoms with Crippen LogP contribution in [0.4, 0.5) is 0 Å². The number of rotatable bonds is 8. The van der Waals surface area contributed by atoms with Gasteiger partial charge < -0.3 is 19.5 Å². The zero-order chi connectivity index (χ0) is 24.9. The molecule has 6 nitrogen and oxygen atoms in total. The molecule has 0 spiro atoms. The van der Waals surface area contributed by atoms with E-state index in [1.54, 1.807) is 7.11 Å². The van der Waals surface area contributed by atoms with E-state index in [4.69, 9.17) is 25.8 Å². The normalized spacial score (nSPS) is 21.7. The number of carbonyl (C=O) groups is 2. The Morgan fingerprint density at radius 2 is 1.83 bits per heavy atom. The number of hydrogen-bond donors (Lipinski definition) is 1. The third-order valence-electron chi connectivity index (χ3n) is 6.46. The molecule has 7 heteroatoms. The van der Waals surface area contributed by atoms with E-state index in [-0.39, 0.29) is 18.3 Å². The summed E-state index contributed by atoms with van der Waals surface area (Å²) < 4.78 is 16.5. The Balaban J connectivity index is 1.80. The summed E-state index contributed by atoms with van der Waals surface area (Å²) in [6, 6.07) is 15.1. The van der Waals surface area contributed by atoms with Gasteiger partial charge in [0.15, 0.2) is 0 Å². The number of para-hydroxylation sites is 1. The maximum absolute atomic E-state index is 13.7. The molecule has 2 aromatic carbocycles. The van der Waals surface area contributed by atoms with Crippen LogP contribution in [-0.2, 0) is 19.1 Å². The molecule has 4 rings (SSSR count). The smallest absolute Gasteiger partial charge is 0.336 e. The minimum atomic E-state index is -0.547. The van der Waals surface area contributed by atoms with Crippen LogP contribution in [0.25, 0.3) is 0 Å². The number of Topliss-reactive ketones (excluding diaryl/α,β-unsaturated/α-hetero) is 1. The number of benzene rings is 2. The summed E-state index contributed by atoms with van der Waals surface area (Å²) in [5.41, 5.74) is 3.71. The summed E-state index contributed by atoms with van der Waals surface area (Å²) >= 11 is 6.06. The van der Waals surface area contributed by atoms with Gasteiger partial charge in [-0.3, -0.25) is 4.79 Å². The highest BCUT2D eigenvalue weighted by Gasteiger charge is 2.45. The Morgan fingerprint density at radius 1 is 1.09 bits per heavy atom. The van der Waals surface area contributed by atoms with Crippen molar-refractivity contribution < 1.29 is 23.8 Å². The zero-order valence-corrected chi connectivity index (χ0v) is 20.9. The van der Waals surface area contributed by atoms with Gasteiger partial charge >= 0.3 is 5.97 Å². The van der Waals surface area contributed by atoms with Gasteiger partial charge in [-0.2, -0.15) is 0 Å². The van der Waals surface area contributed by atoms with E-state index in [9.17, 15) is 9.59 Å². The van der Waals surface area contributed by atoms with Crippen molar-refractivity contribution >= 4 is 23.4 Å². The lowest BCUT2D eigenvalue weighted by Crippen LogP contribution is -2.42. The van der Waals surface area contributed by atoms with Crippen molar-refractivity contribution in [2.24, 2.45) is 5.92 Å². The van der Waals surface area contributed by atoms with E-state index < -0.39 is 17.8 Å². The van der Waals surface area contributed by atoms with Gasteiger partial charge in [0, 0.05) is 47.3 Å². The molecule has 0 saturated heterocycles. The first kappa shape index (κ1) is 25.0. The summed E-state index contributed by atoms with van der Waals surface area (Å²) in [4.78, 5) is 27.0. The number of ether oxygens (including phenoxy) is 3. The largest absolute Gasteiger partial charge is 0.494 e. The second kappa shape index (κ2) is 11.1. The summed E-state index contributed by atoms with van der Waals surface area (Å²) in [5, 5.41) is 4.01. The Kier molecular flexibility index (Phi) is 7.93. The SMILES string of the molecule is CCOc1ccccc1C1C(C(=O)OCCOC)=C(C)NC2=CC(c3ccc(Cl)cc3)CC(=O)C21. The van der Waals surface area contributed by atoms with Gasteiger partial charge in [0.05, 0.1) is 24.7 Å². The van der Waals surface area contributed by atoms with Crippen molar-refractivity contribution in [1.82, 2.24) is 5.32 Å². The Hall–Kier alpha value is -3.09. The molecule has 0 fully saturated rings. The third kappa shape index (κ3) is 5.29. The molecule has 0 aromatic heterocycles. The highest BCUT2D eigenvalue weighted by Crippen LogP contribution is 2.48. The highest BCUT2D eigenvalue weighted by atomic mass is 35.5. The quantitative estimate of drug-likeness (QED) is 0.403. The van der Waals surface area contributed by atoms with Crippen LogP contribution in [0.15, 0.2) is 71.6 Å². The van der Waals surface area contributed by atoms with Gasteiger partial charge in [0.2, 0.25) is 0 Å². The topological polar surface area (TPSA) is 73.9 Å². The monoisotopic (exact) mass is 495 g/mol. The van der Waals surface area contributed by atoms with E-state index in [2.05, 4.69) is 11.4 Å². The number of fused-ring (bicyclic) bond motifs is 1. The predicted molar refractivity (Wildman–Crippen MR) is 134 cm³/mol. The standard InChI is InChI=1S/C28H30ClNO5/c1-4-34-24-8-6-5-7-21(24)26-25(28(32)35-14-13-33-3)17(2)30-22-15-19(16-23(31)27(22)26)18-9-11-20(29)12-10-18/h5-12,15,19,26-27,30H,4,13-14,16H2,1-3H3. The molecule has 2 aliphatic rings. The number of esters is 1. The van der Waals surface area contributed by atoms with E-state index in [1.165, 1.54) is 0 Å². The van der Waals surface area contributed by atoms with Crippen LogP contribution in [0.1, 0.15) is 43.2 Å². The number of nitrogens with one attached hydrogen (secondary N) is 1. The number of carbonyl (C=O) groups excluding carboxylic acids is 2. The number of allylic oxidation sites excluding steroid dienone is 3. The second-order valence-corrected chi connectivity index (χ2v) is 9.11. The van der Waals surface area contributed by atoms with E-state index >= 15 is 0 Å². The van der Waals surface area contributed by atoms with Crippen LogP contribution in [0.5, 0.6) is 5.75 Å². The minimum absolute atomic E-state index is 0.0564. The molecule has 1 heterocycles. The average molecular weight is 496 g/mol. The molecular weight excluding hydrogens is 466 g/mol. The first-order valence-electron chi connectivity index (χ1n) is 11.8. The molecule has 2 aromatic rings. The van der Waals surface area contributed by atoms with Gasteiger partial charge in [-0.15, -0.1) is 0 Å². The predicted octanol–water partition coefficient (Wildman–Crippen LogP) is 5.15. The van der Waals surface area contributed by atoms with Gasteiger partial charge in [0.1, 0.15) is 18.1 Å². The average Bonchev–Trinajstić information content (AvgIpc) is 2.84. The maximum atomic E-state index is 13.7. The fourth-order valence-corrected chi connectivity index (χ4v) is 5.05. The Morgan fingerprint density at radius 3 is 2.54 bits per heavy atom. The Labute approximate surface area is 210 Å². The van der Waals surface area contributed by atoms with Gasteiger partial charge in [-0.25, -0.2) is 4.79 Å². The molecule has 3 unspecified atom stereocenters. The molecule has 3 atom stereocenters. The molecule has 0 bridgehead atoms. The molecule has 0 radical (unpaired) electrons. The lowest BCUT2D eigenvalue weighted by atomic mass is 9.68. The molecule has 184 valence electrons. The molecule has 0 saturated carbocycles. The van der Waals surface area contributed by atoms with Crippen molar-refractivity contribution in [3.8, 4) is 5.75 Å². The van der Waals surface area contributed by atoms with Crippen molar-refractivity contribution in [3.63, 3.8) is 0 Å². The van der Waals surface area contributed by atoms with Crippen LogP contribution < -0.4 is 10.1 Å². The first-order valence-corrected chi connectivity index (χ1v) is 12.2. The fourth-order valence-electron chi connectivity index (χ4n) is 4.92. The fraction of sp³-hybridized carbons (Fsp3) is 0.357. The van der Waals surface area contributed by atoms with Crippen LogP contribution in [-0.4, -0.2) is 38.7 Å². The van der Waals surface area contributed by atoms with Crippen LogP contribution >= 0.6 is 11.6 Å². The first-order chi connectivity index (χ1) is 16.9. The minimum Gasteiger partial charge on any atom is -0.494 e. The van der Waals surface area contributed by atoms with Crippen molar-refractivity contribution in [1.29, 1.82) is 0 Å². The molecule has 35 heavy (non-hydrogen) atoms. The van der Waals surface area contributed by atoms with Crippen LogP contribution in [0.2, 0.25) is 5.02 Å². The molecule has 1 aliphatic heterocycles. The molecule has 1 N–H and O–H groups in total. The van der Waals surface area contributed by atoms with E-state index in [1.807, 2.05) is 62.4 Å². The number of halogens is 1. The Bertz CT molecular complexity index is 1150. The van der Waals surface area contributed by atoms with Crippen molar-refractivity contribution in [2.45, 2.75) is 32.1 Å². The maximum Gasteiger partial charge on any atom is 0.336 e. The van der Waals surface area contributed by atoms with E-state index in [0.29, 0.717) is 41.7 Å². The molecule has 1 aliphatic carbocycles. The van der Waals surface area contributed by atoms with Gasteiger partial charge in [-0.1, -0.05) is 48.0 Å². The number of hydrogen-bond acceptors (Lipinski definition) is 6. The van der Waals surface area contributed by atoms with Gasteiger partial charge in [-0.05, 0) is 37.6 Å². The van der Waals surface area contributed by atoms with Crippen LogP contribution in [0.3, 0.4) is 0 Å². The third-order valence-corrected chi connectivity index (χ3v) is 6.71. The molecular formula is C28H30ClNO5.